The minimum atomic E-state index is -0.520. The largest absolute Gasteiger partial charge is 0.496 e. The Labute approximate surface area is 152 Å². The molecular formula is C17H23ClN4O3. The lowest BCUT2D eigenvalue weighted by molar-refractivity contribution is -0.120. The number of carbonyl (C=O) groups excluding carboxylic acids is 1. The van der Waals surface area contributed by atoms with Crippen molar-refractivity contribution in [2.24, 2.45) is 5.92 Å². The normalized spacial score (nSPS) is 14.5. The first-order chi connectivity index (χ1) is 11.7. The van der Waals surface area contributed by atoms with Gasteiger partial charge in [0.05, 0.1) is 13.7 Å². The van der Waals surface area contributed by atoms with Crippen LogP contribution >= 0.6 is 12.4 Å². The van der Waals surface area contributed by atoms with E-state index in [1.807, 2.05) is 24.3 Å². The van der Waals surface area contributed by atoms with Crippen molar-refractivity contribution in [1.82, 2.24) is 20.8 Å². The van der Waals surface area contributed by atoms with Gasteiger partial charge >= 0.3 is 0 Å². The van der Waals surface area contributed by atoms with Crippen LogP contribution in [-0.2, 0) is 4.79 Å². The van der Waals surface area contributed by atoms with Crippen LogP contribution in [0, 0.1) is 12.8 Å². The maximum atomic E-state index is 12.3. The third-order valence-electron chi connectivity index (χ3n) is 3.97. The number of amides is 1. The minimum absolute atomic E-state index is 0. The second kappa shape index (κ2) is 8.82. The molecule has 1 fully saturated rings. The fraction of sp³-hybridized carbons (Fsp3) is 0.471. The number of aromatic nitrogens is 2. The Morgan fingerprint density at radius 3 is 2.80 bits per heavy atom. The average Bonchev–Trinajstić information content (AvgIpc) is 3.31. The summed E-state index contributed by atoms with van der Waals surface area (Å²) in [7, 11) is 1.59. The predicted octanol–water partition coefficient (Wildman–Crippen LogP) is 2.01. The average molecular weight is 367 g/mol. The van der Waals surface area contributed by atoms with E-state index in [2.05, 4.69) is 20.8 Å². The fourth-order valence-electron chi connectivity index (χ4n) is 2.54. The number of ether oxygens (including phenoxy) is 1. The van der Waals surface area contributed by atoms with E-state index in [1.165, 1.54) is 12.8 Å². The Bertz CT molecular complexity index is 703. The molecule has 0 saturated heterocycles. The summed E-state index contributed by atoms with van der Waals surface area (Å²) >= 11 is 0. The molecule has 1 atom stereocenters. The lowest BCUT2D eigenvalue weighted by Gasteiger charge is -2.18. The van der Waals surface area contributed by atoms with Gasteiger partial charge in [-0.05, 0) is 31.4 Å². The van der Waals surface area contributed by atoms with Crippen LogP contribution in [0.1, 0.15) is 36.2 Å². The van der Waals surface area contributed by atoms with Crippen LogP contribution in [0.3, 0.4) is 0 Å². The molecule has 1 aromatic carbocycles. The van der Waals surface area contributed by atoms with E-state index in [-0.39, 0.29) is 24.9 Å². The van der Waals surface area contributed by atoms with Gasteiger partial charge in [0.2, 0.25) is 11.8 Å². The van der Waals surface area contributed by atoms with Crippen molar-refractivity contribution >= 4 is 18.3 Å². The van der Waals surface area contributed by atoms with Crippen molar-refractivity contribution in [3.63, 3.8) is 0 Å². The first-order valence-corrected chi connectivity index (χ1v) is 8.10. The topological polar surface area (TPSA) is 89.3 Å². The van der Waals surface area contributed by atoms with Crippen LogP contribution in [0.2, 0.25) is 0 Å². The molecule has 1 aliphatic carbocycles. The fourth-order valence-corrected chi connectivity index (χ4v) is 2.54. The highest BCUT2D eigenvalue weighted by Crippen LogP contribution is 2.29. The van der Waals surface area contributed by atoms with Crippen LogP contribution in [0.25, 0.3) is 0 Å². The first kappa shape index (κ1) is 19.2. The monoisotopic (exact) mass is 366 g/mol. The van der Waals surface area contributed by atoms with Crippen molar-refractivity contribution in [2.45, 2.75) is 25.8 Å². The molecule has 0 spiro atoms. The van der Waals surface area contributed by atoms with Crippen LogP contribution in [-0.4, -0.2) is 36.2 Å². The molecule has 0 radical (unpaired) electrons. The number of rotatable bonds is 8. The first-order valence-electron chi connectivity index (χ1n) is 8.10. The molecule has 0 bridgehead atoms. The summed E-state index contributed by atoms with van der Waals surface area (Å²) in [5.74, 6) is 2.13. The number of nitrogens with one attached hydrogen (secondary N) is 2. The van der Waals surface area contributed by atoms with E-state index in [4.69, 9.17) is 9.26 Å². The second-order valence-electron chi connectivity index (χ2n) is 5.99. The molecule has 2 aromatic rings. The highest BCUT2D eigenvalue weighted by molar-refractivity contribution is 5.85. The molecular weight excluding hydrogens is 344 g/mol. The molecule has 1 aliphatic rings. The maximum Gasteiger partial charge on any atom is 0.234 e. The molecule has 8 heteroatoms. The van der Waals surface area contributed by atoms with Crippen molar-refractivity contribution < 1.29 is 14.1 Å². The van der Waals surface area contributed by atoms with Gasteiger partial charge in [-0.2, -0.15) is 4.98 Å². The third-order valence-corrected chi connectivity index (χ3v) is 3.97. The van der Waals surface area contributed by atoms with E-state index in [9.17, 15) is 4.79 Å². The Kier molecular flexibility index (Phi) is 6.78. The molecule has 1 saturated carbocycles. The molecule has 1 unspecified atom stereocenters. The highest BCUT2D eigenvalue weighted by Gasteiger charge is 2.25. The van der Waals surface area contributed by atoms with Gasteiger partial charge in [0.1, 0.15) is 11.8 Å². The Morgan fingerprint density at radius 2 is 2.16 bits per heavy atom. The molecule has 3 rings (SSSR count). The summed E-state index contributed by atoms with van der Waals surface area (Å²) in [5, 5.41) is 10.1. The Balaban J connectivity index is 0.00000225. The molecule has 1 heterocycles. The van der Waals surface area contributed by atoms with Gasteiger partial charge in [-0.25, -0.2) is 0 Å². The summed E-state index contributed by atoms with van der Waals surface area (Å²) in [4.78, 5) is 16.6. The zero-order chi connectivity index (χ0) is 16.9. The van der Waals surface area contributed by atoms with E-state index in [1.54, 1.807) is 14.0 Å². The summed E-state index contributed by atoms with van der Waals surface area (Å²) in [6.07, 6.45) is 2.50. The van der Waals surface area contributed by atoms with E-state index in [0.29, 0.717) is 17.5 Å². The number of methoxy groups -OCH3 is 1. The number of hydrogen-bond donors (Lipinski definition) is 2. The summed E-state index contributed by atoms with van der Waals surface area (Å²) in [5.41, 5.74) is 0.788. The molecule has 25 heavy (non-hydrogen) atoms. The number of aryl methyl sites for hydroxylation is 1. The standard InChI is InChI=1S/C17H22N4O3.ClH/c1-11-19-17(21-24-11)16(13-5-3-4-6-14(13)23-2)20-15(22)10-18-9-12-7-8-12;/h3-6,12,16,18H,7-10H2,1-2H3,(H,20,22);1H. The number of halogens is 1. The lowest BCUT2D eigenvalue weighted by atomic mass is 10.0. The summed E-state index contributed by atoms with van der Waals surface area (Å²) < 4.78 is 10.5. The van der Waals surface area contributed by atoms with E-state index >= 15 is 0 Å². The van der Waals surface area contributed by atoms with Gasteiger partial charge in [0.25, 0.3) is 0 Å². The molecule has 1 amide bonds. The van der Waals surface area contributed by atoms with Gasteiger partial charge in [0.15, 0.2) is 5.82 Å². The quantitative estimate of drug-likeness (QED) is 0.743. The number of hydrogen-bond acceptors (Lipinski definition) is 6. The van der Waals surface area contributed by atoms with Crippen LogP contribution in [0.15, 0.2) is 28.8 Å². The van der Waals surface area contributed by atoms with Crippen molar-refractivity contribution in [1.29, 1.82) is 0 Å². The SMILES string of the molecule is COc1ccccc1C(NC(=O)CNCC1CC1)c1noc(C)n1.Cl. The smallest absolute Gasteiger partial charge is 0.234 e. The van der Waals surface area contributed by atoms with E-state index in [0.717, 1.165) is 18.0 Å². The van der Waals surface area contributed by atoms with Gasteiger partial charge in [-0.1, -0.05) is 23.4 Å². The zero-order valence-corrected chi connectivity index (χ0v) is 15.1. The number of nitrogens with zero attached hydrogens (tertiary/aromatic N) is 2. The van der Waals surface area contributed by atoms with Crippen molar-refractivity contribution in [3.05, 3.63) is 41.5 Å². The summed E-state index contributed by atoms with van der Waals surface area (Å²) in [6.45, 7) is 2.86. The lowest BCUT2D eigenvalue weighted by Crippen LogP contribution is -2.37. The van der Waals surface area contributed by atoms with Crippen molar-refractivity contribution in [3.8, 4) is 5.75 Å². The molecule has 136 valence electrons. The maximum absolute atomic E-state index is 12.3. The van der Waals surface area contributed by atoms with Crippen LogP contribution in [0.4, 0.5) is 0 Å². The van der Waals surface area contributed by atoms with Gasteiger partial charge < -0.3 is 19.9 Å². The Hall–Kier alpha value is -2.12. The number of para-hydroxylation sites is 1. The molecule has 1 aromatic heterocycles. The zero-order valence-electron chi connectivity index (χ0n) is 14.3. The van der Waals surface area contributed by atoms with Gasteiger partial charge in [-0.3, -0.25) is 4.79 Å². The second-order valence-corrected chi connectivity index (χ2v) is 5.99. The van der Waals surface area contributed by atoms with E-state index < -0.39 is 6.04 Å². The highest BCUT2D eigenvalue weighted by atomic mass is 35.5. The molecule has 7 nitrogen and oxygen atoms in total. The third kappa shape index (κ3) is 5.17. The number of carbonyl (C=O) groups is 1. The predicted molar refractivity (Wildman–Crippen MR) is 94.9 cm³/mol. The molecule has 2 N–H and O–H groups in total. The van der Waals surface area contributed by atoms with Gasteiger partial charge in [0, 0.05) is 12.5 Å². The Morgan fingerprint density at radius 1 is 1.40 bits per heavy atom. The summed E-state index contributed by atoms with van der Waals surface area (Å²) in [6, 6.07) is 6.96. The van der Waals surface area contributed by atoms with Crippen molar-refractivity contribution in [2.75, 3.05) is 20.2 Å². The number of benzene rings is 1. The van der Waals surface area contributed by atoms with Crippen LogP contribution < -0.4 is 15.4 Å². The van der Waals surface area contributed by atoms with Gasteiger partial charge in [-0.15, -0.1) is 12.4 Å². The van der Waals surface area contributed by atoms with Crippen LogP contribution in [0.5, 0.6) is 5.75 Å². The molecule has 0 aliphatic heterocycles. The minimum Gasteiger partial charge on any atom is -0.496 e.